The molecular formula is C20H19NO. The van der Waals surface area contributed by atoms with Crippen LogP contribution in [0.4, 0.5) is 0 Å². The molecule has 2 aromatic carbocycles. The quantitative estimate of drug-likeness (QED) is 0.678. The van der Waals surface area contributed by atoms with Crippen LogP contribution in [-0.4, -0.2) is 4.98 Å². The summed E-state index contributed by atoms with van der Waals surface area (Å²) >= 11 is 0. The van der Waals surface area contributed by atoms with E-state index in [-0.39, 0.29) is 0 Å². The molecule has 0 saturated heterocycles. The van der Waals surface area contributed by atoms with Crippen molar-refractivity contribution >= 4 is 0 Å². The monoisotopic (exact) mass is 289 g/mol. The fourth-order valence-electron chi connectivity index (χ4n) is 2.46. The lowest BCUT2D eigenvalue weighted by atomic mass is 9.97. The van der Waals surface area contributed by atoms with E-state index in [0.717, 1.165) is 16.9 Å². The Morgan fingerprint density at radius 1 is 0.909 bits per heavy atom. The van der Waals surface area contributed by atoms with E-state index in [1.807, 2.05) is 42.7 Å². The molecule has 0 aliphatic heterocycles. The molecule has 0 bridgehead atoms. The van der Waals surface area contributed by atoms with Crippen molar-refractivity contribution in [2.24, 2.45) is 0 Å². The van der Waals surface area contributed by atoms with Gasteiger partial charge in [-0.1, -0.05) is 36.4 Å². The molecule has 0 saturated carbocycles. The highest BCUT2D eigenvalue weighted by atomic mass is 16.5. The number of para-hydroxylation sites is 1. The summed E-state index contributed by atoms with van der Waals surface area (Å²) in [6.45, 7) is 4.81. The van der Waals surface area contributed by atoms with Crippen molar-refractivity contribution in [2.45, 2.75) is 20.5 Å². The molecule has 0 aliphatic carbocycles. The van der Waals surface area contributed by atoms with Crippen LogP contribution in [0.3, 0.4) is 0 Å². The summed E-state index contributed by atoms with van der Waals surface area (Å²) < 4.78 is 5.80. The van der Waals surface area contributed by atoms with Crippen LogP contribution < -0.4 is 4.74 Å². The van der Waals surface area contributed by atoms with Crippen LogP contribution in [0.25, 0.3) is 11.1 Å². The Balaban J connectivity index is 1.82. The summed E-state index contributed by atoms with van der Waals surface area (Å²) in [7, 11) is 0. The van der Waals surface area contributed by atoms with Gasteiger partial charge in [0.1, 0.15) is 12.4 Å². The summed E-state index contributed by atoms with van der Waals surface area (Å²) in [6, 6.07) is 18.4. The molecule has 0 spiro atoms. The maximum Gasteiger partial charge on any atom is 0.119 e. The van der Waals surface area contributed by atoms with E-state index >= 15 is 0 Å². The molecule has 110 valence electrons. The Hall–Kier alpha value is -2.61. The lowest BCUT2D eigenvalue weighted by Gasteiger charge is -2.10. The predicted molar refractivity (Wildman–Crippen MR) is 89.9 cm³/mol. The van der Waals surface area contributed by atoms with Crippen molar-refractivity contribution in [1.82, 2.24) is 4.98 Å². The molecule has 3 aromatic rings. The maximum absolute atomic E-state index is 5.80. The van der Waals surface area contributed by atoms with Crippen molar-refractivity contribution < 1.29 is 4.74 Å². The van der Waals surface area contributed by atoms with E-state index in [0.29, 0.717) is 6.61 Å². The van der Waals surface area contributed by atoms with Gasteiger partial charge in [-0.05, 0) is 48.7 Å². The SMILES string of the molecule is Cc1cccc(-c2cncc(COc3ccccc3)c2)c1C. The smallest absolute Gasteiger partial charge is 0.119 e. The highest BCUT2D eigenvalue weighted by Crippen LogP contribution is 2.25. The minimum atomic E-state index is 0.524. The van der Waals surface area contributed by atoms with Crippen LogP contribution in [0.5, 0.6) is 5.75 Å². The van der Waals surface area contributed by atoms with E-state index in [1.165, 1.54) is 16.7 Å². The van der Waals surface area contributed by atoms with Crippen LogP contribution >= 0.6 is 0 Å². The second kappa shape index (κ2) is 6.44. The first-order chi connectivity index (χ1) is 10.7. The predicted octanol–water partition coefficient (Wildman–Crippen LogP) is 4.94. The van der Waals surface area contributed by atoms with Crippen LogP contribution in [0, 0.1) is 13.8 Å². The van der Waals surface area contributed by atoms with Gasteiger partial charge in [-0.3, -0.25) is 4.98 Å². The zero-order valence-electron chi connectivity index (χ0n) is 12.9. The number of rotatable bonds is 4. The summed E-state index contributed by atoms with van der Waals surface area (Å²) in [5, 5.41) is 0. The lowest BCUT2D eigenvalue weighted by Crippen LogP contribution is -1.97. The third-order valence-electron chi connectivity index (χ3n) is 3.86. The van der Waals surface area contributed by atoms with Gasteiger partial charge >= 0.3 is 0 Å². The number of aromatic nitrogens is 1. The fraction of sp³-hybridized carbons (Fsp3) is 0.150. The number of hydrogen-bond acceptors (Lipinski definition) is 2. The molecule has 3 rings (SSSR count). The summed E-state index contributed by atoms with van der Waals surface area (Å²) in [4.78, 5) is 4.36. The Kier molecular flexibility index (Phi) is 4.19. The van der Waals surface area contributed by atoms with Crippen LogP contribution in [0.1, 0.15) is 16.7 Å². The van der Waals surface area contributed by atoms with Crippen molar-refractivity contribution in [3.63, 3.8) is 0 Å². The van der Waals surface area contributed by atoms with Gasteiger partial charge in [0, 0.05) is 23.5 Å². The first-order valence-electron chi connectivity index (χ1n) is 7.42. The van der Waals surface area contributed by atoms with E-state index in [1.54, 1.807) is 0 Å². The second-order valence-corrected chi connectivity index (χ2v) is 5.43. The molecule has 0 atom stereocenters. The molecule has 0 fully saturated rings. The van der Waals surface area contributed by atoms with Crippen molar-refractivity contribution in [1.29, 1.82) is 0 Å². The van der Waals surface area contributed by atoms with Gasteiger partial charge in [-0.2, -0.15) is 0 Å². The van der Waals surface area contributed by atoms with E-state index in [9.17, 15) is 0 Å². The number of benzene rings is 2. The Morgan fingerprint density at radius 2 is 1.73 bits per heavy atom. The van der Waals surface area contributed by atoms with Gasteiger partial charge in [0.25, 0.3) is 0 Å². The number of aryl methyl sites for hydroxylation is 1. The molecule has 0 amide bonds. The molecular weight excluding hydrogens is 270 g/mol. The Bertz CT molecular complexity index is 766. The van der Waals surface area contributed by atoms with Crippen molar-refractivity contribution in [3.8, 4) is 16.9 Å². The van der Waals surface area contributed by atoms with Gasteiger partial charge in [0.05, 0.1) is 0 Å². The zero-order chi connectivity index (χ0) is 15.4. The highest BCUT2D eigenvalue weighted by Gasteiger charge is 2.05. The average Bonchev–Trinajstić information content (AvgIpc) is 2.57. The average molecular weight is 289 g/mol. The minimum Gasteiger partial charge on any atom is -0.489 e. The minimum absolute atomic E-state index is 0.524. The van der Waals surface area contributed by atoms with E-state index in [4.69, 9.17) is 4.74 Å². The molecule has 0 N–H and O–H groups in total. The van der Waals surface area contributed by atoms with Crippen molar-refractivity contribution in [3.05, 3.63) is 83.7 Å². The summed E-state index contributed by atoms with van der Waals surface area (Å²) in [5.41, 5.74) is 6.03. The number of nitrogens with zero attached hydrogens (tertiary/aromatic N) is 1. The number of pyridine rings is 1. The first-order valence-corrected chi connectivity index (χ1v) is 7.42. The number of hydrogen-bond donors (Lipinski definition) is 0. The second-order valence-electron chi connectivity index (χ2n) is 5.43. The third-order valence-corrected chi connectivity index (χ3v) is 3.86. The van der Waals surface area contributed by atoms with Gasteiger partial charge in [0.15, 0.2) is 0 Å². The topological polar surface area (TPSA) is 22.1 Å². The molecule has 0 radical (unpaired) electrons. The van der Waals surface area contributed by atoms with E-state index < -0.39 is 0 Å². The number of ether oxygens (including phenoxy) is 1. The fourth-order valence-corrected chi connectivity index (χ4v) is 2.46. The highest BCUT2D eigenvalue weighted by molar-refractivity contribution is 5.68. The standard InChI is InChI=1S/C20H19NO/c1-15-7-6-10-20(16(15)2)18-11-17(12-21-13-18)14-22-19-8-4-3-5-9-19/h3-13H,14H2,1-2H3. The van der Waals surface area contributed by atoms with Gasteiger partial charge in [-0.15, -0.1) is 0 Å². The molecule has 0 aliphatic rings. The molecule has 0 unspecified atom stereocenters. The Labute approximate surface area is 131 Å². The van der Waals surface area contributed by atoms with Crippen LogP contribution in [-0.2, 0) is 6.61 Å². The van der Waals surface area contributed by atoms with E-state index in [2.05, 4.69) is 43.1 Å². The van der Waals surface area contributed by atoms with Gasteiger partial charge in [0.2, 0.25) is 0 Å². The molecule has 2 heteroatoms. The lowest BCUT2D eigenvalue weighted by molar-refractivity contribution is 0.306. The zero-order valence-corrected chi connectivity index (χ0v) is 12.9. The molecule has 2 nitrogen and oxygen atoms in total. The van der Waals surface area contributed by atoms with Gasteiger partial charge < -0.3 is 4.74 Å². The van der Waals surface area contributed by atoms with Crippen LogP contribution in [0.15, 0.2) is 67.0 Å². The summed E-state index contributed by atoms with van der Waals surface area (Å²) in [6.07, 6.45) is 3.77. The normalized spacial score (nSPS) is 10.5. The van der Waals surface area contributed by atoms with Crippen molar-refractivity contribution in [2.75, 3.05) is 0 Å². The molecule has 1 aromatic heterocycles. The third kappa shape index (κ3) is 3.17. The summed E-state index contributed by atoms with van der Waals surface area (Å²) in [5.74, 6) is 0.875. The Morgan fingerprint density at radius 3 is 2.55 bits per heavy atom. The molecule has 1 heterocycles. The molecule has 22 heavy (non-hydrogen) atoms. The van der Waals surface area contributed by atoms with Gasteiger partial charge in [-0.25, -0.2) is 0 Å². The largest absolute Gasteiger partial charge is 0.489 e. The maximum atomic E-state index is 5.80. The first kappa shape index (κ1) is 14.3. The van der Waals surface area contributed by atoms with Crippen LogP contribution in [0.2, 0.25) is 0 Å².